The minimum absolute atomic E-state index is 0.00574. The van der Waals surface area contributed by atoms with Crippen molar-refractivity contribution in [3.63, 3.8) is 0 Å². The van der Waals surface area contributed by atoms with Crippen LogP contribution >= 0.6 is 0 Å². The fraction of sp³-hybridized carbons (Fsp3) is 0.391. The zero-order chi connectivity index (χ0) is 21.3. The molecule has 2 aliphatic heterocycles. The average molecular weight is 411 g/mol. The Morgan fingerprint density at radius 3 is 2.60 bits per heavy atom. The molecule has 2 saturated heterocycles. The first-order valence-corrected chi connectivity index (χ1v) is 10.2. The highest BCUT2D eigenvalue weighted by Crippen LogP contribution is 2.25. The molecule has 6 nitrogen and oxygen atoms in total. The van der Waals surface area contributed by atoms with E-state index < -0.39 is 12.1 Å². The molecule has 3 atom stereocenters. The molecule has 4 rings (SSSR count). The van der Waals surface area contributed by atoms with Crippen LogP contribution in [0.3, 0.4) is 0 Å². The molecule has 2 aromatic carbocycles. The highest BCUT2D eigenvalue weighted by molar-refractivity contribution is 5.97. The van der Waals surface area contributed by atoms with E-state index in [1.165, 1.54) is 6.07 Å². The molecule has 2 heterocycles. The second-order valence-electron chi connectivity index (χ2n) is 8.02. The number of amides is 2. The highest BCUT2D eigenvalue weighted by atomic mass is 19.1. The summed E-state index contributed by atoms with van der Waals surface area (Å²) in [6.07, 6.45) is 1.000. The van der Waals surface area contributed by atoms with Crippen LogP contribution < -0.4 is 15.4 Å². The number of carbonyl (C=O) groups is 2. The molecule has 2 aliphatic rings. The predicted molar refractivity (Wildman–Crippen MR) is 111 cm³/mol. The Kier molecular flexibility index (Phi) is 5.72. The number of methoxy groups -OCH3 is 1. The number of fused-ring (bicyclic) bond motifs is 1. The van der Waals surface area contributed by atoms with Gasteiger partial charge < -0.3 is 20.3 Å². The zero-order valence-electron chi connectivity index (χ0n) is 17.2. The molecule has 2 amide bonds. The van der Waals surface area contributed by atoms with Crippen LogP contribution in [0.4, 0.5) is 4.39 Å². The lowest BCUT2D eigenvalue weighted by molar-refractivity contribution is -0.147. The summed E-state index contributed by atoms with van der Waals surface area (Å²) < 4.78 is 18.9. The van der Waals surface area contributed by atoms with Crippen molar-refractivity contribution >= 4 is 11.8 Å². The number of aryl methyl sites for hydroxylation is 1. The number of nitrogens with zero attached hydrogens (tertiary/aromatic N) is 1. The zero-order valence-corrected chi connectivity index (χ0v) is 17.2. The molecule has 0 unspecified atom stereocenters. The minimum atomic E-state index is -0.563. The predicted octanol–water partition coefficient (Wildman–Crippen LogP) is 1.94. The van der Waals surface area contributed by atoms with Crippen LogP contribution in [0.15, 0.2) is 42.5 Å². The van der Waals surface area contributed by atoms with Crippen LogP contribution in [0.25, 0.3) is 0 Å². The topological polar surface area (TPSA) is 70.7 Å². The van der Waals surface area contributed by atoms with Gasteiger partial charge in [-0.05, 0) is 48.2 Å². The van der Waals surface area contributed by atoms with Crippen molar-refractivity contribution < 1.29 is 18.7 Å². The van der Waals surface area contributed by atoms with Crippen LogP contribution in [-0.4, -0.2) is 48.5 Å². The Morgan fingerprint density at radius 2 is 1.90 bits per heavy atom. The molecule has 2 N–H and O–H groups in total. The summed E-state index contributed by atoms with van der Waals surface area (Å²) in [4.78, 5) is 27.3. The van der Waals surface area contributed by atoms with Crippen molar-refractivity contribution in [3.8, 4) is 5.75 Å². The SMILES string of the molecule is COc1ccc(C[C@@H]2NC(=O)[C@@H]3C[C@H](NCc4ccc(C)c(F)c4)CN3C2=O)cc1. The highest BCUT2D eigenvalue weighted by Gasteiger charge is 2.46. The van der Waals surface area contributed by atoms with Crippen molar-refractivity contribution in [2.24, 2.45) is 0 Å². The Labute approximate surface area is 175 Å². The molecule has 0 aromatic heterocycles. The van der Waals surface area contributed by atoms with Gasteiger partial charge >= 0.3 is 0 Å². The van der Waals surface area contributed by atoms with Crippen LogP contribution in [0.2, 0.25) is 0 Å². The van der Waals surface area contributed by atoms with Crippen LogP contribution in [0.1, 0.15) is 23.1 Å². The molecule has 2 fully saturated rings. The van der Waals surface area contributed by atoms with Gasteiger partial charge in [-0.3, -0.25) is 9.59 Å². The summed E-state index contributed by atoms with van der Waals surface area (Å²) in [6, 6.07) is 11.6. The maximum absolute atomic E-state index is 13.7. The van der Waals surface area contributed by atoms with Crippen LogP contribution in [-0.2, 0) is 22.6 Å². The van der Waals surface area contributed by atoms with Gasteiger partial charge in [-0.1, -0.05) is 24.3 Å². The number of halogens is 1. The number of hydrogen-bond donors (Lipinski definition) is 2. The molecule has 7 heteroatoms. The lowest BCUT2D eigenvalue weighted by atomic mass is 10.0. The molecule has 158 valence electrons. The summed E-state index contributed by atoms with van der Waals surface area (Å²) in [5, 5.41) is 6.25. The summed E-state index contributed by atoms with van der Waals surface area (Å²) in [5.41, 5.74) is 2.42. The van der Waals surface area contributed by atoms with E-state index in [1.807, 2.05) is 30.3 Å². The first kappa shape index (κ1) is 20.3. The van der Waals surface area contributed by atoms with E-state index >= 15 is 0 Å². The minimum Gasteiger partial charge on any atom is -0.497 e. The van der Waals surface area contributed by atoms with Crippen molar-refractivity contribution in [2.75, 3.05) is 13.7 Å². The number of nitrogens with one attached hydrogen (secondary N) is 2. The lowest BCUT2D eigenvalue weighted by Crippen LogP contribution is -2.61. The maximum atomic E-state index is 13.7. The van der Waals surface area contributed by atoms with E-state index in [1.54, 1.807) is 25.0 Å². The third-order valence-corrected chi connectivity index (χ3v) is 5.93. The number of ether oxygens (including phenoxy) is 1. The van der Waals surface area contributed by atoms with Gasteiger partial charge in [0.15, 0.2) is 0 Å². The summed E-state index contributed by atoms with van der Waals surface area (Å²) in [7, 11) is 1.60. The number of carbonyl (C=O) groups excluding carboxylic acids is 2. The Bertz CT molecular complexity index is 947. The van der Waals surface area contributed by atoms with E-state index in [0.29, 0.717) is 31.5 Å². The monoisotopic (exact) mass is 411 g/mol. The van der Waals surface area contributed by atoms with Crippen molar-refractivity contribution in [2.45, 2.75) is 44.4 Å². The smallest absolute Gasteiger partial charge is 0.246 e. The third kappa shape index (κ3) is 4.16. The van der Waals surface area contributed by atoms with Gasteiger partial charge in [0.1, 0.15) is 23.7 Å². The molecule has 0 spiro atoms. The Hall–Kier alpha value is -2.93. The molecular formula is C23H26FN3O3. The Balaban J connectivity index is 1.37. The number of benzene rings is 2. The number of hydrogen-bond acceptors (Lipinski definition) is 4. The van der Waals surface area contributed by atoms with Gasteiger partial charge in [-0.15, -0.1) is 0 Å². The second-order valence-corrected chi connectivity index (χ2v) is 8.02. The fourth-order valence-corrected chi connectivity index (χ4v) is 4.15. The van der Waals surface area contributed by atoms with Crippen LogP contribution in [0, 0.1) is 12.7 Å². The first-order valence-electron chi connectivity index (χ1n) is 10.2. The molecule has 2 aromatic rings. The van der Waals surface area contributed by atoms with Gasteiger partial charge in [0.25, 0.3) is 0 Å². The van der Waals surface area contributed by atoms with Gasteiger partial charge in [-0.2, -0.15) is 0 Å². The molecule has 30 heavy (non-hydrogen) atoms. The standard InChI is InChI=1S/C23H26FN3O3/c1-14-3-4-16(9-19(14)24)12-25-17-11-21-22(28)26-20(23(29)27(21)13-17)10-15-5-7-18(30-2)8-6-15/h3-9,17,20-21,25H,10-13H2,1-2H3,(H,26,28)/t17-,20-,21-/m0/s1. The second kappa shape index (κ2) is 8.44. The Morgan fingerprint density at radius 1 is 1.17 bits per heavy atom. The van der Waals surface area contributed by atoms with Crippen molar-refractivity contribution in [3.05, 3.63) is 65.0 Å². The third-order valence-electron chi connectivity index (χ3n) is 5.93. The van der Waals surface area contributed by atoms with Crippen LogP contribution in [0.5, 0.6) is 5.75 Å². The average Bonchev–Trinajstić information content (AvgIpc) is 3.18. The first-order chi connectivity index (χ1) is 14.4. The summed E-state index contributed by atoms with van der Waals surface area (Å²) in [5.74, 6) is 0.355. The van der Waals surface area contributed by atoms with E-state index in [-0.39, 0.29) is 23.7 Å². The molecule has 0 bridgehead atoms. The summed E-state index contributed by atoms with van der Waals surface area (Å²) in [6.45, 7) is 2.70. The lowest BCUT2D eigenvalue weighted by Gasteiger charge is -2.34. The largest absolute Gasteiger partial charge is 0.497 e. The van der Waals surface area contributed by atoms with Gasteiger partial charge in [0, 0.05) is 25.6 Å². The number of piperazine rings is 1. The quantitative estimate of drug-likeness (QED) is 0.762. The summed E-state index contributed by atoms with van der Waals surface area (Å²) >= 11 is 0. The maximum Gasteiger partial charge on any atom is 0.246 e. The van der Waals surface area contributed by atoms with Crippen molar-refractivity contribution in [1.29, 1.82) is 0 Å². The molecule has 0 saturated carbocycles. The van der Waals surface area contributed by atoms with E-state index in [0.717, 1.165) is 16.9 Å². The molecule has 0 aliphatic carbocycles. The van der Waals surface area contributed by atoms with E-state index in [2.05, 4.69) is 10.6 Å². The van der Waals surface area contributed by atoms with Gasteiger partial charge in [0.05, 0.1) is 7.11 Å². The fourth-order valence-electron chi connectivity index (χ4n) is 4.15. The van der Waals surface area contributed by atoms with Crippen molar-refractivity contribution in [1.82, 2.24) is 15.5 Å². The molecule has 0 radical (unpaired) electrons. The number of rotatable bonds is 6. The van der Waals surface area contributed by atoms with E-state index in [4.69, 9.17) is 4.74 Å². The van der Waals surface area contributed by atoms with Gasteiger partial charge in [0.2, 0.25) is 11.8 Å². The van der Waals surface area contributed by atoms with E-state index in [9.17, 15) is 14.0 Å². The van der Waals surface area contributed by atoms with Gasteiger partial charge in [-0.25, -0.2) is 4.39 Å². The molecular weight excluding hydrogens is 385 g/mol. The normalized spacial score (nSPS) is 23.3.